The summed E-state index contributed by atoms with van der Waals surface area (Å²) in [4.78, 5) is 0. The standard InChI is InChI=1S/C11H10ClN/c12-11-6-5-10(13)7-9(11)4-3-8-1-2-8/h5-8H,1-2,13H2. The number of halogens is 1. The Morgan fingerprint density at radius 3 is 2.85 bits per heavy atom. The highest BCUT2D eigenvalue weighted by Gasteiger charge is 2.17. The van der Waals surface area contributed by atoms with Crippen molar-refractivity contribution >= 4 is 17.3 Å². The van der Waals surface area contributed by atoms with Gasteiger partial charge < -0.3 is 5.73 Å². The fraction of sp³-hybridized carbons (Fsp3) is 0.273. The predicted octanol–water partition coefficient (Wildman–Crippen LogP) is 2.68. The van der Waals surface area contributed by atoms with Gasteiger partial charge in [0, 0.05) is 17.2 Å². The van der Waals surface area contributed by atoms with Crippen molar-refractivity contribution in [2.45, 2.75) is 12.8 Å². The van der Waals surface area contributed by atoms with Crippen LogP contribution in [0.3, 0.4) is 0 Å². The zero-order valence-electron chi connectivity index (χ0n) is 7.18. The molecule has 0 heterocycles. The molecule has 0 aliphatic heterocycles. The largest absolute Gasteiger partial charge is 0.399 e. The first-order chi connectivity index (χ1) is 6.25. The average Bonchev–Trinajstić information content (AvgIpc) is 2.90. The molecule has 1 aromatic carbocycles. The molecule has 1 fully saturated rings. The number of hydrogen-bond acceptors (Lipinski definition) is 1. The molecule has 1 aliphatic carbocycles. The minimum Gasteiger partial charge on any atom is -0.399 e. The van der Waals surface area contributed by atoms with Crippen LogP contribution in [0.2, 0.25) is 5.02 Å². The van der Waals surface area contributed by atoms with E-state index >= 15 is 0 Å². The maximum absolute atomic E-state index is 5.94. The molecule has 2 heteroatoms. The summed E-state index contributed by atoms with van der Waals surface area (Å²) in [7, 11) is 0. The second kappa shape index (κ2) is 3.32. The van der Waals surface area contributed by atoms with E-state index in [1.54, 1.807) is 12.1 Å². The molecule has 0 amide bonds. The first kappa shape index (κ1) is 8.47. The lowest BCUT2D eigenvalue weighted by Gasteiger charge is -1.96. The Morgan fingerprint density at radius 1 is 1.38 bits per heavy atom. The summed E-state index contributed by atoms with van der Waals surface area (Å²) in [5.41, 5.74) is 7.18. The Labute approximate surface area is 82.9 Å². The number of rotatable bonds is 0. The van der Waals surface area contributed by atoms with E-state index in [1.807, 2.05) is 6.07 Å². The van der Waals surface area contributed by atoms with E-state index in [0.29, 0.717) is 16.6 Å². The Hall–Kier alpha value is -1.13. The van der Waals surface area contributed by atoms with Crippen molar-refractivity contribution in [2.24, 2.45) is 5.92 Å². The first-order valence-electron chi connectivity index (χ1n) is 4.32. The van der Waals surface area contributed by atoms with Crippen LogP contribution in [-0.4, -0.2) is 0 Å². The van der Waals surface area contributed by atoms with Gasteiger partial charge in [-0.2, -0.15) is 0 Å². The highest BCUT2D eigenvalue weighted by Crippen LogP contribution is 2.28. The van der Waals surface area contributed by atoms with Gasteiger partial charge in [0.15, 0.2) is 0 Å². The van der Waals surface area contributed by atoms with Crippen LogP contribution in [-0.2, 0) is 0 Å². The van der Waals surface area contributed by atoms with Crippen LogP contribution in [0.5, 0.6) is 0 Å². The van der Waals surface area contributed by atoms with Gasteiger partial charge in [-0.05, 0) is 31.0 Å². The summed E-state index contributed by atoms with van der Waals surface area (Å²) in [6, 6.07) is 5.39. The summed E-state index contributed by atoms with van der Waals surface area (Å²) in [5, 5.41) is 0.683. The SMILES string of the molecule is Nc1ccc(Cl)c(C#CC2CC2)c1. The van der Waals surface area contributed by atoms with E-state index in [-0.39, 0.29) is 0 Å². The van der Waals surface area contributed by atoms with Crippen molar-refractivity contribution < 1.29 is 0 Å². The van der Waals surface area contributed by atoms with Crippen molar-refractivity contribution in [3.8, 4) is 11.8 Å². The summed E-state index contributed by atoms with van der Waals surface area (Å²) in [6.45, 7) is 0. The number of nitrogen functional groups attached to an aromatic ring is 1. The number of hydrogen-bond donors (Lipinski definition) is 1. The van der Waals surface area contributed by atoms with Gasteiger partial charge in [0.25, 0.3) is 0 Å². The van der Waals surface area contributed by atoms with Crippen LogP contribution >= 0.6 is 11.6 Å². The monoisotopic (exact) mass is 191 g/mol. The third-order valence-electron chi connectivity index (χ3n) is 1.98. The second-order valence-corrected chi connectivity index (χ2v) is 3.69. The third-order valence-corrected chi connectivity index (χ3v) is 2.31. The number of anilines is 1. The number of benzene rings is 1. The molecule has 0 radical (unpaired) electrons. The summed E-state index contributed by atoms with van der Waals surface area (Å²) >= 11 is 5.94. The fourth-order valence-corrected chi connectivity index (χ4v) is 1.21. The molecule has 0 atom stereocenters. The summed E-state index contributed by atoms with van der Waals surface area (Å²) in [5.74, 6) is 6.80. The Bertz CT molecular complexity index is 383. The Balaban J connectivity index is 2.28. The molecule has 2 rings (SSSR count). The summed E-state index contributed by atoms with van der Waals surface area (Å²) < 4.78 is 0. The van der Waals surface area contributed by atoms with Crippen molar-refractivity contribution in [3.63, 3.8) is 0 Å². The van der Waals surface area contributed by atoms with E-state index in [9.17, 15) is 0 Å². The van der Waals surface area contributed by atoms with Gasteiger partial charge in [0.1, 0.15) is 0 Å². The topological polar surface area (TPSA) is 26.0 Å². The average molecular weight is 192 g/mol. The van der Waals surface area contributed by atoms with Crippen LogP contribution in [0.1, 0.15) is 18.4 Å². The molecule has 66 valence electrons. The molecule has 0 unspecified atom stereocenters. The third kappa shape index (κ3) is 2.17. The molecule has 0 spiro atoms. The highest BCUT2D eigenvalue weighted by molar-refractivity contribution is 6.31. The van der Waals surface area contributed by atoms with Gasteiger partial charge >= 0.3 is 0 Å². The van der Waals surface area contributed by atoms with Crippen LogP contribution in [0.4, 0.5) is 5.69 Å². The lowest BCUT2D eigenvalue weighted by atomic mass is 10.2. The quantitative estimate of drug-likeness (QED) is 0.495. The normalized spacial score (nSPS) is 14.8. The van der Waals surface area contributed by atoms with Crippen molar-refractivity contribution in [1.82, 2.24) is 0 Å². The first-order valence-corrected chi connectivity index (χ1v) is 4.70. The molecule has 0 aromatic heterocycles. The van der Waals surface area contributed by atoms with Gasteiger partial charge in [0.05, 0.1) is 5.02 Å². The van der Waals surface area contributed by atoms with Gasteiger partial charge in [-0.3, -0.25) is 0 Å². The van der Waals surface area contributed by atoms with E-state index in [2.05, 4.69) is 11.8 Å². The fourth-order valence-electron chi connectivity index (χ4n) is 1.05. The van der Waals surface area contributed by atoms with Gasteiger partial charge in [-0.1, -0.05) is 23.4 Å². The van der Waals surface area contributed by atoms with E-state index in [4.69, 9.17) is 17.3 Å². The van der Waals surface area contributed by atoms with Crippen molar-refractivity contribution in [2.75, 3.05) is 5.73 Å². The molecule has 1 aliphatic rings. The van der Waals surface area contributed by atoms with Gasteiger partial charge in [0.2, 0.25) is 0 Å². The Kier molecular flexibility index (Phi) is 2.16. The molecular formula is C11H10ClN. The maximum atomic E-state index is 5.94. The molecule has 0 saturated heterocycles. The second-order valence-electron chi connectivity index (χ2n) is 3.28. The van der Waals surface area contributed by atoms with Gasteiger partial charge in [-0.25, -0.2) is 0 Å². The van der Waals surface area contributed by atoms with Crippen LogP contribution < -0.4 is 5.73 Å². The zero-order valence-corrected chi connectivity index (χ0v) is 7.93. The Morgan fingerprint density at radius 2 is 2.15 bits per heavy atom. The van der Waals surface area contributed by atoms with Crippen LogP contribution in [0, 0.1) is 17.8 Å². The van der Waals surface area contributed by atoms with E-state index in [1.165, 1.54) is 12.8 Å². The van der Waals surface area contributed by atoms with E-state index < -0.39 is 0 Å². The molecule has 13 heavy (non-hydrogen) atoms. The number of nitrogens with two attached hydrogens (primary N) is 1. The van der Waals surface area contributed by atoms with Crippen molar-refractivity contribution in [3.05, 3.63) is 28.8 Å². The minimum absolute atomic E-state index is 0.595. The maximum Gasteiger partial charge on any atom is 0.0564 e. The zero-order chi connectivity index (χ0) is 9.26. The van der Waals surface area contributed by atoms with Crippen molar-refractivity contribution in [1.29, 1.82) is 0 Å². The molecule has 0 bridgehead atoms. The highest BCUT2D eigenvalue weighted by atomic mass is 35.5. The predicted molar refractivity (Wildman–Crippen MR) is 55.5 cm³/mol. The molecular weight excluding hydrogens is 182 g/mol. The lowest BCUT2D eigenvalue weighted by molar-refractivity contribution is 1.18. The van der Waals surface area contributed by atoms with E-state index in [0.717, 1.165) is 5.56 Å². The lowest BCUT2D eigenvalue weighted by Crippen LogP contribution is -1.86. The molecule has 2 N–H and O–H groups in total. The molecule has 1 saturated carbocycles. The van der Waals surface area contributed by atoms with Crippen LogP contribution in [0.15, 0.2) is 18.2 Å². The van der Waals surface area contributed by atoms with Crippen LogP contribution in [0.25, 0.3) is 0 Å². The molecule has 1 aromatic rings. The smallest absolute Gasteiger partial charge is 0.0564 e. The van der Waals surface area contributed by atoms with Gasteiger partial charge in [-0.15, -0.1) is 0 Å². The minimum atomic E-state index is 0.595. The molecule has 1 nitrogen and oxygen atoms in total. The summed E-state index contributed by atoms with van der Waals surface area (Å²) in [6.07, 6.45) is 2.46.